The minimum absolute atomic E-state index is 0.129. The molecule has 0 spiro atoms. The predicted molar refractivity (Wildman–Crippen MR) is 119 cm³/mol. The van der Waals surface area contributed by atoms with Crippen molar-refractivity contribution in [2.75, 3.05) is 26.7 Å². The summed E-state index contributed by atoms with van der Waals surface area (Å²) >= 11 is 0. The molecule has 2 amide bonds. The molecular formula is C23H29N5O4. The molecular weight excluding hydrogens is 410 g/mol. The predicted octanol–water partition coefficient (Wildman–Crippen LogP) is 1.90. The van der Waals surface area contributed by atoms with Gasteiger partial charge in [0.05, 0.1) is 25.4 Å². The van der Waals surface area contributed by atoms with E-state index in [2.05, 4.69) is 15.0 Å². The number of hydrogen-bond donors (Lipinski definition) is 1. The maximum absolute atomic E-state index is 13.3. The number of nitrogens with zero attached hydrogens (tertiary/aromatic N) is 5. The van der Waals surface area contributed by atoms with Gasteiger partial charge in [-0.1, -0.05) is 19.1 Å². The lowest BCUT2D eigenvalue weighted by Gasteiger charge is -2.37. The Hall–Kier alpha value is -3.33. The lowest BCUT2D eigenvalue weighted by Crippen LogP contribution is -2.50. The van der Waals surface area contributed by atoms with E-state index in [4.69, 9.17) is 4.74 Å². The number of aromatic nitrogens is 3. The summed E-state index contributed by atoms with van der Waals surface area (Å²) in [5, 5.41) is 9.73. The van der Waals surface area contributed by atoms with Crippen molar-refractivity contribution in [3.63, 3.8) is 0 Å². The molecule has 9 nitrogen and oxygen atoms in total. The first-order valence-corrected chi connectivity index (χ1v) is 10.6. The second-order valence-electron chi connectivity index (χ2n) is 8.02. The highest BCUT2D eigenvalue weighted by Gasteiger charge is 2.34. The van der Waals surface area contributed by atoms with Crippen molar-refractivity contribution in [3.8, 4) is 5.88 Å². The fourth-order valence-corrected chi connectivity index (χ4v) is 3.58. The Morgan fingerprint density at radius 1 is 1.38 bits per heavy atom. The van der Waals surface area contributed by atoms with Crippen LogP contribution in [0.15, 0.2) is 36.9 Å². The highest BCUT2D eigenvalue weighted by Crippen LogP contribution is 2.27. The van der Waals surface area contributed by atoms with Crippen LogP contribution < -0.4 is 4.74 Å². The fraction of sp³-hybridized carbons (Fsp3) is 0.435. The Bertz CT molecular complexity index is 982. The van der Waals surface area contributed by atoms with Crippen LogP contribution >= 0.6 is 0 Å². The minimum Gasteiger partial charge on any atom is -0.472 e. The Labute approximate surface area is 187 Å². The zero-order chi connectivity index (χ0) is 23.3. The summed E-state index contributed by atoms with van der Waals surface area (Å²) in [6.45, 7) is 6.11. The van der Waals surface area contributed by atoms with E-state index in [0.29, 0.717) is 12.1 Å². The van der Waals surface area contributed by atoms with E-state index in [1.807, 2.05) is 26.0 Å². The summed E-state index contributed by atoms with van der Waals surface area (Å²) in [6.07, 6.45) is 9.33. The largest absolute Gasteiger partial charge is 0.472 e. The Kier molecular flexibility index (Phi) is 7.53. The van der Waals surface area contributed by atoms with E-state index in [0.717, 1.165) is 5.56 Å². The normalized spacial score (nSPS) is 19.7. The first-order valence-electron chi connectivity index (χ1n) is 10.6. The van der Waals surface area contributed by atoms with E-state index in [9.17, 15) is 14.7 Å². The Balaban J connectivity index is 1.93. The van der Waals surface area contributed by atoms with Crippen molar-refractivity contribution >= 4 is 17.9 Å². The molecule has 9 heteroatoms. The maximum atomic E-state index is 13.3. The molecule has 0 fully saturated rings. The van der Waals surface area contributed by atoms with Crippen molar-refractivity contribution in [2.45, 2.75) is 32.9 Å². The number of amides is 2. The molecule has 0 bridgehead atoms. The monoisotopic (exact) mass is 439 g/mol. The molecule has 170 valence electrons. The van der Waals surface area contributed by atoms with Gasteiger partial charge in [0.2, 0.25) is 5.88 Å². The van der Waals surface area contributed by atoms with Crippen LogP contribution in [0, 0.1) is 5.92 Å². The molecule has 0 aliphatic carbocycles. The highest BCUT2D eigenvalue weighted by molar-refractivity contribution is 5.97. The van der Waals surface area contributed by atoms with Crippen molar-refractivity contribution in [1.29, 1.82) is 0 Å². The lowest BCUT2D eigenvalue weighted by molar-refractivity contribution is 0.0312. The number of aliphatic hydroxyl groups is 1. The Morgan fingerprint density at radius 3 is 2.81 bits per heavy atom. The number of likely N-dealkylation sites (N-methyl/N-ethyl adjacent to an activating group) is 1. The van der Waals surface area contributed by atoms with Gasteiger partial charge in [-0.25, -0.2) is 9.97 Å². The average molecular weight is 440 g/mol. The molecule has 0 saturated carbocycles. The summed E-state index contributed by atoms with van der Waals surface area (Å²) in [6, 6.07) is 1.37. The van der Waals surface area contributed by atoms with Crippen molar-refractivity contribution < 1.29 is 19.4 Å². The third kappa shape index (κ3) is 5.11. The molecule has 2 aromatic heterocycles. The van der Waals surface area contributed by atoms with Crippen LogP contribution in [0.1, 0.15) is 47.2 Å². The molecule has 32 heavy (non-hydrogen) atoms. The van der Waals surface area contributed by atoms with Crippen molar-refractivity contribution in [3.05, 3.63) is 53.8 Å². The second-order valence-corrected chi connectivity index (χ2v) is 8.02. The molecule has 1 aliphatic heterocycles. The molecule has 0 unspecified atom stereocenters. The first-order chi connectivity index (χ1) is 15.3. The highest BCUT2D eigenvalue weighted by atomic mass is 16.5. The summed E-state index contributed by atoms with van der Waals surface area (Å²) in [7, 11) is 1.68. The van der Waals surface area contributed by atoms with Crippen LogP contribution in [0.3, 0.4) is 0 Å². The quantitative estimate of drug-likeness (QED) is 0.732. The van der Waals surface area contributed by atoms with E-state index >= 15 is 0 Å². The van der Waals surface area contributed by atoms with Gasteiger partial charge in [0, 0.05) is 38.1 Å². The molecule has 3 heterocycles. The molecule has 1 aliphatic rings. The molecule has 0 saturated heterocycles. The van der Waals surface area contributed by atoms with Crippen molar-refractivity contribution in [1.82, 2.24) is 24.8 Å². The number of pyridine rings is 1. The first kappa shape index (κ1) is 23.3. The number of aliphatic hydroxyl groups excluding tert-OH is 1. The van der Waals surface area contributed by atoms with Crippen LogP contribution in [0.2, 0.25) is 0 Å². The van der Waals surface area contributed by atoms with E-state index in [1.165, 1.54) is 23.5 Å². The number of hydrogen-bond acceptors (Lipinski definition) is 7. The number of ether oxygens (including phenoxy) is 1. The average Bonchev–Trinajstić information content (AvgIpc) is 2.81. The SMILES string of the molecule is C/C=C/c1cnc2c(c1)C(=O)N([C@@H](C)CO)C[C@@H](C)[C@H](CN(C)C(=O)c1cnccn1)O2. The molecule has 3 atom stereocenters. The lowest BCUT2D eigenvalue weighted by atomic mass is 9.99. The van der Waals surface area contributed by atoms with Gasteiger partial charge in [0.1, 0.15) is 17.4 Å². The number of allylic oxidation sites excluding steroid dienone is 1. The van der Waals surface area contributed by atoms with Gasteiger partial charge < -0.3 is 19.6 Å². The third-order valence-corrected chi connectivity index (χ3v) is 5.48. The van der Waals surface area contributed by atoms with Crippen LogP contribution in [-0.2, 0) is 0 Å². The third-order valence-electron chi connectivity index (χ3n) is 5.48. The van der Waals surface area contributed by atoms with Gasteiger partial charge in [0.25, 0.3) is 11.8 Å². The topological polar surface area (TPSA) is 109 Å². The molecule has 2 aromatic rings. The van der Waals surface area contributed by atoms with Crippen LogP contribution in [-0.4, -0.2) is 80.6 Å². The van der Waals surface area contributed by atoms with E-state index in [1.54, 1.807) is 31.1 Å². The molecule has 3 rings (SSSR count). The van der Waals surface area contributed by atoms with Gasteiger partial charge in [-0.15, -0.1) is 0 Å². The van der Waals surface area contributed by atoms with Gasteiger partial charge in [-0.3, -0.25) is 14.6 Å². The van der Waals surface area contributed by atoms with Gasteiger partial charge in [0.15, 0.2) is 0 Å². The van der Waals surface area contributed by atoms with Crippen LogP contribution in [0.4, 0.5) is 0 Å². The van der Waals surface area contributed by atoms with Crippen molar-refractivity contribution in [2.24, 2.45) is 5.92 Å². The number of carbonyl (C=O) groups is 2. The smallest absolute Gasteiger partial charge is 0.273 e. The number of rotatable bonds is 6. The zero-order valence-electron chi connectivity index (χ0n) is 18.8. The standard InChI is InChI=1S/C23H29N5O4/c1-5-6-17-9-18-21(26-10-17)32-20(15(2)12-28(22(18)30)16(3)14-29)13-27(4)23(31)19-11-24-7-8-25-19/h5-11,15-16,20,29H,12-14H2,1-4H3/b6-5+/t15-,16+,20+/m1/s1. The molecule has 0 aromatic carbocycles. The fourth-order valence-electron chi connectivity index (χ4n) is 3.58. The summed E-state index contributed by atoms with van der Waals surface area (Å²) < 4.78 is 6.20. The second kappa shape index (κ2) is 10.3. The van der Waals surface area contributed by atoms with Crippen LogP contribution in [0.25, 0.3) is 6.08 Å². The zero-order valence-corrected chi connectivity index (χ0v) is 18.8. The summed E-state index contributed by atoms with van der Waals surface area (Å²) in [4.78, 5) is 41.7. The number of carbonyl (C=O) groups excluding carboxylic acids is 2. The molecule has 0 radical (unpaired) electrons. The summed E-state index contributed by atoms with van der Waals surface area (Å²) in [5.74, 6) is -0.426. The minimum atomic E-state index is -0.430. The van der Waals surface area contributed by atoms with E-state index < -0.39 is 6.10 Å². The molecule has 1 N–H and O–H groups in total. The van der Waals surface area contributed by atoms with Crippen LogP contribution in [0.5, 0.6) is 5.88 Å². The Morgan fingerprint density at radius 2 is 2.16 bits per heavy atom. The van der Waals surface area contributed by atoms with Gasteiger partial charge >= 0.3 is 0 Å². The maximum Gasteiger partial charge on any atom is 0.273 e. The van der Waals surface area contributed by atoms with Gasteiger partial charge in [-0.05, 0) is 25.5 Å². The summed E-state index contributed by atoms with van der Waals surface area (Å²) in [5.41, 5.74) is 1.36. The van der Waals surface area contributed by atoms with Gasteiger partial charge in [-0.2, -0.15) is 0 Å². The number of fused-ring (bicyclic) bond motifs is 1. The van der Waals surface area contributed by atoms with E-state index in [-0.39, 0.29) is 48.5 Å².